The number of thiazole rings is 1. The number of nitrogens with zero attached hydrogens (tertiary/aromatic N) is 2. The number of nitrogens with one attached hydrogen (secondary N) is 1. The largest absolute Gasteiger partial charge is 0.396 e. The molecular formula is C12H9ClN4S. The zero-order chi connectivity index (χ0) is 12.5. The normalized spacial score (nSPS) is 10.7. The number of hydrogen-bond acceptors (Lipinski definition) is 5. The molecule has 0 spiro atoms. The molecule has 1 aromatic carbocycles. The van der Waals surface area contributed by atoms with Crippen LogP contribution in [-0.4, -0.2) is 9.97 Å². The quantitative estimate of drug-likeness (QED) is 0.749. The van der Waals surface area contributed by atoms with E-state index in [1.54, 1.807) is 23.6 Å². The summed E-state index contributed by atoms with van der Waals surface area (Å²) in [6, 6.07) is 7.59. The van der Waals surface area contributed by atoms with Crippen LogP contribution in [0.2, 0.25) is 5.02 Å². The van der Waals surface area contributed by atoms with Gasteiger partial charge in [0.1, 0.15) is 0 Å². The lowest BCUT2D eigenvalue weighted by Gasteiger charge is -2.08. The summed E-state index contributed by atoms with van der Waals surface area (Å²) in [7, 11) is 0. The van der Waals surface area contributed by atoms with Crippen molar-refractivity contribution in [3.05, 3.63) is 41.0 Å². The lowest BCUT2D eigenvalue weighted by Crippen LogP contribution is -1.98. The van der Waals surface area contributed by atoms with Crippen LogP contribution in [0.4, 0.5) is 17.2 Å². The highest BCUT2D eigenvalue weighted by molar-refractivity contribution is 7.16. The fraction of sp³-hybridized carbons (Fsp3) is 0. The third-order valence-corrected chi connectivity index (χ3v) is 3.48. The van der Waals surface area contributed by atoms with Gasteiger partial charge in [-0.3, -0.25) is 0 Å². The number of nitrogens with two attached hydrogens (primary N) is 1. The number of anilines is 3. The molecule has 0 aliphatic rings. The van der Waals surface area contributed by atoms with Crippen molar-refractivity contribution >= 4 is 50.3 Å². The molecule has 90 valence electrons. The van der Waals surface area contributed by atoms with Crippen LogP contribution in [0.15, 0.2) is 36.0 Å². The summed E-state index contributed by atoms with van der Waals surface area (Å²) in [5.41, 5.74) is 10.1. The summed E-state index contributed by atoms with van der Waals surface area (Å²) < 4.78 is 1.12. The minimum Gasteiger partial charge on any atom is -0.396 e. The minimum atomic E-state index is 0.520. The molecule has 3 N–H and O–H groups in total. The SMILES string of the molecule is Nc1cc(Cl)cnc1Nc1ccc2ncsc2c1. The molecule has 3 aromatic rings. The van der Waals surface area contributed by atoms with Crippen molar-refractivity contribution in [1.82, 2.24) is 9.97 Å². The molecule has 0 aliphatic heterocycles. The van der Waals surface area contributed by atoms with Crippen molar-refractivity contribution < 1.29 is 0 Å². The molecule has 18 heavy (non-hydrogen) atoms. The van der Waals surface area contributed by atoms with Crippen molar-refractivity contribution in [1.29, 1.82) is 0 Å². The molecular weight excluding hydrogens is 268 g/mol. The van der Waals surface area contributed by atoms with Gasteiger partial charge in [0.15, 0.2) is 5.82 Å². The zero-order valence-corrected chi connectivity index (χ0v) is 10.8. The highest BCUT2D eigenvalue weighted by Crippen LogP contribution is 2.26. The Balaban J connectivity index is 1.95. The monoisotopic (exact) mass is 276 g/mol. The number of halogens is 1. The molecule has 0 fully saturated rings. The number of nitrogen functional groups attached to an aromatic ring is 1. The second-order valence-corrected chi connectivity index (χ2v) is 5.07. The van der Waals surface area contributed by atoms with Crippen molar-refractivity contribution in [2.75, 3.05) is 11.1 Å². The summed E-state index contributed by atoms with van der Waals surface area (Å²) in [5, 5.41) is 3.69. The third kappa shape index (κ3) is 2.10. The molecule has 2 aromatic heterocycles. The predicted molar refractivity (Wildman–Crippen MR) is 76.6 cm³/mol. The lowest BCUT2D eigenvalue weighted by molar-refractivity contribution is 1.31. The Kier molecular flexibility index (Phi) is 2.77. The number of benzene rings is 1. The molecule has 0 amide bonds. The number of pyridine rings is 1. The average molecular weight is 277 g/mol. The van der Waals surface area contributed by atoms with Crippen LogP contribution in [0.3, 0.4) is 0 Å². The molecule has 0 atom stereocenters. The van der Waals surface area contributed by atoms with E-state index in [-0.39, 0.29) is 0 Å². The zero-order valence-electron chi connectivity index (χ0n) is 9.22. The van der Waals surface area contributed by atoms with E-state index in [2.05, 4.69) is 15.3 Å². The summed E-state index contributed by atoms with van der Waals surface area (Å²) >= 11 is 7.40. The van der Waals surface area contributed by atoms with Gasteiger partial charge in [0, 0.05) is 11.9 Å². The fourth-order valence-corrected chi connectivity index (χ4v) is 2.51. The number of aromatic nitrogens is 2. The predicted octanol–water partition coefficient (Wildman–Crippen LogP) is 3.67. The lowest BCUT2D eigenvalue weighted by atomic mass is 10.3. The van der Waals surface area contributed by atoms with Crippen LogP contribution in [-0.2, 0) is 0 Å². The van der Waals surface area contributed by atoms with E-state index < -0.39 is 0 Å². The Bertz CT molecular complexity index is 710. The van der Waals surface area contributed by atoms with Gasteiger partial charge >= 0.3 is 0 Å². The third-order valence-electron chi connectivity index (χ3n) is 2.48. The standard InChI is InChI=1S/C12H9ClN4S/c13-7-3-9(14)12(15-5-7)17-8-1-2-10-11(4-8)18-6-16-10/h1-6H,14H2,(H,15,17). The number of rotatable bonds is 2. The van der Waals surface area contributed by atoms with E-state index in [4.69, 9.17) is 17.3 Å². The van der Waals surface area contributed by atoms with Crippen molar-refractivity contribution in [2.45, 2.75) is 0 Å². The van der Waals surface area contributed by atoms with E-state index >= 15 is 0 Å². The van der Waals surface area contributed by atoms with Gasteiger partial charge in [-0.25, -0.2) is 9.97 Å². The van der Waals surface area contributed by atoms with Crippen LogP contribution in [0, 0.1) is 0 Å². The van der Waals surface area contributed by atoms with Gasteiger partial charge in [-0.05, 0) is 24.3 Å². The summed E-state index contributed by atoms with van der Waals surface area (Å²) in [6.07, 6.45) is 1.56. The Morgan fingerprint density at radius 3 is 2.94 bits per heavy atom. The van der Waals surface area contributed by atoms with Crippen molar-refractivity contribution in [2.24, 2.45) is 0 Å². The smallest absolute Gasteiger partial charge is 0.153 e. The van der Waals surface area contributed by atoms with Gasteiger partial charge in [-0.1, -0.05) is 11.6 Å². The molecule has 0 aliphatic carbocycles. The van der Waals surface area contributed by atoms with Crippen LogP contribution in [0.5, 0.6) is 0 Å². The van der Waals surface area contributed by atoms with E-state index in [0.29, 0.717) is 16.5 Å². The molecule has 0 saturated heterocycles. The Morgan fingerprint density at radius 2 is 2.11 bits per heavy atom. The van der Waals surface area contributed by atoms with Gasteiger partial charge in [0.05, 0.1) is 26.4 Å². The summed E-state index contributed by atoms with van der Waals surface area (Å²) in [4.78, 5) is 8.39. The van der Waals surface area contributed by atoms with E-state index in [1.165, 1.54) is 0 Å². The Hall–Kier alpha value is -1.85. The summed E-state index contributed by atoms with van der Waals surface area (Å²) in [6.45, 7) is 0. The molecule has 0 bridgehead atoms. The van der Waals surface area contributed by atoms with Gasteiger partial charge in [-0.15, -0.1) is 11.3 Å². The van der Waals surface area contributed by atoms with E-state index in [0.717, 1.165) is 15.9 Å². The first-order valence-corrected chi connectivity index (χ1v) is 6.49. The molecule has 4 nitrogen and oxygen atoms in total. The van der Waals surface area contributed by atoms with E-state index in [1.807, 2.05) is 23.7 Å². The fourth-order valence-electron chi connectivity index (χ4n) is 1.63. The second-order valence-electron chi connectivity index (χ2n) is 3.75. The molecule has 2 heterocycles. The van der Waals surface area contributed by atoms with E-state index in [9.17, 15) is 0 Å². The topological polar surface area (TPSA) is 63.8 Å². The van der Waals surface area contributed by atoms with Gasteiger partial charge < -0.3 is 11.1 Å². The highest BCUT2D eigenvalue weighted by atomic mass is 35.5. The van der Waals surface area contributed by atoms with Gasteiger partial charge in [0.25, 0.3) is 0 Å². The van der Waals surface area contributed by atoms with Crippen LogP contribution < -0.4 is 11.1 Å². The average Bonchev–Trinajstić information content (AvgIpc) is 2.80. The van der Waals surface area contributed by atoms with Crippen LogP contribution in [0.25, 0.3) is 10.2 Å². The highest BCUT2D eigenvalue weighted by Gasteiger charge is 2.04. The van der Waals surface area contributed by atoms with Crippen LogP contribution in [0.1, 0.15) is 0 Å². The maximum Gasteiger partial charge on any atom is 0.153 e. The first-order valence-electron chi connectivity index (χ1n) is 5.24. The first kappa shape index (κ1) is 11.3. The van der Waals surface area contributed by atoms with Gasteiger partial charge in [0.2, 0.25) is 0 Å². The van der Waals surface area contributed by atoms with Gasteiger partial charge in [-0.2, -0.15) is 0 Å². The first-order chi connectivity index (χ1) is 8.72. The molecule has 6 heteroatoms. The van der Waals surface area contributed by atoms with Crippen molar-refractivity contribution in [3.63, 3.8) is 0 Å². The molecule has 0 saturated carbocycles. The summed E-state index contributed by atoms with van der Waals surface area (Å²) in [5.74, 6) is 0.600. The maximum absolute atomic E-state index is 5.84. The second kappa shape index (κ2) is 4.44. The minimum absolute atomic E-state index is 0.520. The molecule has 0 unspecified atom stereocenters. The van der Waals surface area contributed by atoms with Crippen molar-refractivity contribution in [3.8, 4) is 0 Å². The Labute approximate surface area is 112 Å². The molecule has 3 rings (SSSR count). The Morgan fingerprint density at radius 1 is 1.22 bits per heavy atom. The number of hydrogen-bond donors (Lipinski definition) is 2. The maximum atomic E-state index is 5.84. The van der Waals surface area contributed by atoms with Crippen LogP contribution >= 0.6 is 22.9 Å². The number of fused-ring (bicyclic) bond motifs is 1. The molecule has 0 radical (unpaired) electrons.